The van der Waals surface area contributed by atoms with Gasteiger partial charge in [-0.05, 0) is 39.5 Å². The van der Waals surface area contributed by atoms with Crippen molar-refractivity contribution in [3.8, 4) is 21.0 Å². The molecule has 0 atom stereocenters. The molecule has 98 valence electrons. The summed E-state index contributed by atoms with van der Waals surface area (Å²) in [5.41, 5.74) is 3.79. The molecule has 0 aliphatic carbocycles. The SMILES string of the molecule is Brc1ccc(-c2cnc(-c3cccs3)c3nsnc23)s1. The second-order valence-electron chi connectivity index (χ2n) is 4.06. The molecular formula is C13H6BrN3S3. The predicted molar refractivity (Wildman–Crippen MR) is 89.5 cm³/mol. The van der Waals surface area contributed by atoms with Gasteiger partial charge in [0, 0.05) is 16.6 Å². The van der Waals surface area contributed by atoms with Gasteiger partial charge in [-0.25, -0.2) is 0 Å². The van der Waals surface area contributed by atoms with E-state index in [9.17, 15) is 0 Å². The van der Waals surface area contributed by atoms with E-state index in [0.29, 0.717) is 0 Å². The Hall–Kier alpha value is -1.15. The molecule has 7 heteroatoms. The van der Waals surface area contributed by atoms with E-state index in [1.165, 1.54) is 11.7 Å². The van der Waals surface area contributed by atoms with Gasteiger partial charge in [0.15, 0.2) is 0 Å². The minimum absolute atomic E-state index is 0.888. The maximum Gasteiger partial charge on any atom is 0.132 e. The highest BCUT2D eigenvalue weighted by Gasteiger charge is 2.16. The first-order chi connectivity index (χ1) is 9.83. The number of rotatable bonds is 2. The van der Waals surface area contributed by atoms with Crippen molar-refractivity contribution in [3.63, 3.8) is 0 Å². The van der Waals surface area contributed by atoms with E-state index in [0.717, 1.165) is 35.8 Å². The Bertz CT molecular complexity index is 879. The van der Waals surface area contributed by atoms with Gasteiger partial charge in [-0.15, -0.1) is 22.7 Å². The number of aromatic nitrogens is 3. The van der Waals surface area contributed by atoms with Crippen LogP contribution in [0.5, 0.6) is 0 Å². The molecule has 0 spiro atoms. The van der Waals surface area contributed by atoms with Gasteiger partial charge in [-0.2, -0.15) is 8.75 Å². The molecule has 0 fully saturated rings. The van der Waals surface area contributed by atoms with Crippen LogP contribution >= 0.6 is 50.3 Å². The normalized spacial score (nSPS) is 11.2. The number of pyridine rings is 1. The second-order valence-corrected chi connectivity index (χ2v) is 8.00. The third-order valence-corrected chi connectivity index (χ3v) is 5.95. The van der Waals surface area contributed by atoms with Crippen LogP contribution in [-0.4, -0.2) is 13.7 Å². The Kier molecular flexibility index (Phi) is 3.14. The van der Waals surface area contributed by atoms with E-state index >= 15 is 0 Å². The van der Waals surface area contributed by atoms with Crippen LogP contribution in [0.3, 0.4) is 0 Å². The predicted octanol–water partition coefficient (Wildman–Crippen LogP) is 5.31. The van der Waals surface area contributed by atoms with Crippen LogP contribution in [0.4, 0.5) is 0 Å². The summed E-state index contributed by atoms with van der Waals surface area (Å²) < 4.78 is 10.00. The number of nitrogens with zero attached hydrogens (tertiary/aromatic N) is 3. The van der Waals surface area contributed by atoms with E-state index in [1.807, 2.05) is 23.7 Å². The molecule has 0 aliphatic rings. The quantitative estimate of drug-likeness (QED) is 0.473. The first-order valence-corrected chi connectivity index (χ1v) is 8.96. The Morgan fingerprint density at radius 1 is 1.00 bits per heavy atom. The minimum atomic E-state index is 0.888. The van der Waals surface area contributed by atoms with Crippen LogP contribution in [0.2, 0.25) is 0 Å². The van der Waals surface area contributed by atoms with Gasteiger partial charge in [0.1, 0.15) is 16.7 Å². The first-order valence-electron chi connectivity index (χ1n) is 5.74. The Morgan fingerprint density at radius 3 is 2.65 bits per heavy atom. The van der Waals surface area contributed by atoms with E-state index < -0.39 is 0 Å². The Labute approximate surface area is 135 Å². The van der Waals surface area contributed by atoms with Crippen molar-refractivity contribution in [2.24, 2.45) is 0 Å². The van der Waals surface area contributed by atoms with Gasteiger partial charge in [0.25, 0.3) is 0 Å². The zero-order valence-electron chi connectivity index (χ0n) is 9.91. The summed E-state index contributed by atoms with van der Waals surface area (Å²) in [6.07, 6.45) is 1.90. The van der Waals surface area contributed by atoms with Crippen molar-refractivity contribution >= 4 is 61.4 Å². The average molecular weight is 380 g/mol. The molecule has 0 unspecified atom stereocenters. The highest BCUT2D eigenvalue weighted by Crippen LogP contribution is 2.37. The third kappa shape index (κ3) is 2.01. The molecule has 4 heterocycles. The highest BCUT2D eigenvalue weighted by atomic mass is 79.9. The lowest BCUT2D eigenvalue weighted by molar-refractivity contribution is 1.36. The van der Waals surface area contributed by atoms with Gasteiger partial charge < -0.3 is 0 Å². The standard InChI is InChI=1S/C13H6BrN3S3/c14-10-4-3-8(19-10)7-6-15-12(9-2-1-5-18-9)13-11(7)16-20-17-13/h1-6H. The van der Waals surface area contributed by atoms with Gasteiger partial charge in [0.05, 0.1) is 20.4 Å². The molecule has 20 heavy (non-hydrogen) atoms. The van der Waals surface area contributed by atoms with Crippen molar-refractivity contribution in [1.29, 1.82) is 0 Å². The monoisotopic (exact) mass is 379 g/mol. The van der Waals surface area contributed by atoms with Crippen LogP contribution in [0.15, 0.2) is 39.6 Å². The maximum atomic E-state index is 4.61. The molecule has 0 aliphatic heterocycles. The largest absolute Gasteiger partial charge is 0.252 e. The summed E-state index contributed by atoms with van der Waals surface area (Å²) in [7, 11) is 0. The lowest BCUT2D eigenvalue weighted by atomic mass is 10.1. The van der Waals surface area contributed by atoms with Gasteiger partial charge in [-0.3, -0.25) is 4.98 Å². The highest BCUT2D eigenvalue weighted by molar-refractivity contribution is 9.11. The fourth-order valence-corrected chi connectivity index (χ4v) is 4.69. The van der Waals surface area contributed by atoms with Crippen LogP contribution in [0, 0.1) is 0 Å². The summed E-state index contributed by atoms with van der Waals surface area (Å²) in [6, 6.07) is 8.21. The number of hydrogen-bond donors (Lipinski definition) is 0. The first kappa shape index (κ1) is 12.6. The van der Waals surface area contributed by atoms with Crippen molar-refractivity contribution in [1.82, 2.24) is 13.7 Å². The van der Waals surface area contributed by atoms with E-state index in [-0.39, 0.29) is 0 Å². The zero-order valence-corrected chi connectivity index (χ0v) is 13.9. The Balaban J connectivity index is 1.98. The van der Waals surface area contributed by atoms with Crippen LogP contribution in [0.1, 0.15) is 0 Å². The van der Waals surface area contributed by atoms with Crippen molar-refractivity contribution < 1.29 is 0 Å². The van der Waals surface area contributed by atoms with E-state index in [2.05, 4.69) is 41.8 Å². The van der Waals surface area contributed by atoms with Gasteiger partial charge in [-0.1, -0.05) is 6.07 Å². The molecule has 0 aromatic carbocycles. The fraction of sp³-hybridized carbons (Fsp3) is 0. The van der Waals surface area contributed by atoms with Crippen LogP contribution in [-0.2, 0) is 0 Å². The molecule has 0 bridgehead atoms. The van der Waals surface area contributed by atoms with Crippen LogP contribution < -0.4 is 0 Å². The Morgan fingerprint density at radius 2 is 1.90 bits per heavy atom. The molecule has 4 rings (SSSR count). The molecule has 0 saturated carbocycles. The lowest BCUT2D eigenvalue weighted by Gasteiger charge is -2.02. The van der Waals surface area contributed by atoms with Crippen molar-refractivity contribution in [3.05, 3.63) is 39.6 Å². The number of thiophene rings is 2. The smallest absolute Gasteiger partial charge is 0.132 e. The molecule has 0 radical (unpaired) electrons. The molecule has 0 amide bonds. The van der Waals surface area contributed by atoms with Gasteiger partial charge in [0.2, 0.25) is 0 Å². The van der Waals surface area contributed by atoms with Crippen LogP contribution in [0.25, 0.3) is 32.0 Å². The lowest BCUT2D eigenvalue weighted by Crippen LogP contribution is -1.86. The summed E-state index contributed by atoms with van der Waals surface area (Å²) in [5, 5.41) is 2.05. The summed E-state index contributed by atoms with van der Waals surface area (Å²) >= 11 is 8.08. The molecule has 0 saturated heterocycles. The maximum absolute atomic E-state index is 4.61. The molecule has 4 aromatic rings. The van der Waals surface area contributed by atoms with Crippen molar-refractivity contribution in [2.45, 2.75) is 0 Å². The second kappa shape index (κ2) is 5.00. The summed E-state index contributed by atoms with van der Waals surface area (Å²) in [6.45, 7) is 0. The number of fused-ring (bicyclic) bond motifs is 1. The topological polar surface area (TPSA) is 38.7 Å². The molecular weight excluding hydrogens is 374 g/mol. The minimum Gasteiger partial charge on any atom is -0.252 e. The van der Waals surface area contributed by atoms with Gasteiger partial charge >= 0.3 is 0 Å². The fourth-order valence-electron chi connectivity index (χ4n) is 2.01. The number of halogens is 1. The summed E-state index contributed by atoms with van der Waals surface area (Å²) in [5.74, 6) is 0. The zero-order chi connectivity index (χ0) is 13.5. The van der Waals surface area contributed by atoms with E-state index in [4.69, 9.17) is 0 Å². The third-order valence-electron chi connectivity index (χ3n) is 2.88. The van der Waals surface area contributed by atoms with E-state index in [1.54, 1.807) is 22.7 Å². The molecule has 4 aromatic heterocycles. The number of hydrogen-bond acceptors (Lipinski definition) is 6. The van der Waals surface area contributed by atoms with Crippen molar-refractivity contribution in [2.75, 3.05) is 0 Å². The molecule has 0 N–H and O–H groups in total. The molecule has 3 nitrogen and oxygen atoms in total. The average Bonchev–Trinajstić information content (AvgIpc) is 3.18. The summed E-state index contributed by atoms with van der Waals surface area (Å²) in [4.78, 5) is 6.89.